The zero-order valence-electron chi connectivity index (χ0n) is 24.4. The van der Waals surface area contributed by atoms with E-state index in [-0.39, 0.29) is 55.9 Å². The van der Waals surface area contributed by atoms with E-state index in [9.17, 15) is 13.2 Å². The molecular formula is C27H39FN5O8S+. The Bertz CT molecular complexity index is 1420. The van der Waals surface area contributed by atoms with Gasteiger partial charge in [0.25, 0.3) is 0 Å². The highest BCUT2D eigenvalue weighted by atomic mass is 32.2. The van der Waals surface area contributed by atoms with Gasteiger partial charge in [0.2, 0.25) is 10.0 Å². The van der Waals surface area contributed by atoms with Crippen molar-refractivity contribution in [2.24, 2.45) is 5.14 Å². The maximum Gasteiger partial charge on any atom is 0.332 e. The topological polar surface area (TPSA) is 182 Å². The third-order valence-corrected chi connectivity index (χ3v) is 6.61. The standard InChI is InChI=1S/C25H33FN5O8S.C2H6/c1-16-4-5-17(2)19(12-16)13-23-28-25(18(3)39-24(32)15-37-9-8-36-10-11-38-30-33)29-31(23)22-7-6-20(14-21(22)26)40(27,34)35;1-2/h4-7,12,14,18,33H,8-11,13,15,30H2,1-3H3,(H2,27,34,35);1-2H3/q+1;. The summed E-state index contributed by atoms with van der Waals surface area (Å²) < 4.78 is 55.5. The second kappa shape index (κ2) is 17.0. The Morgan fingerprint density at radius 3 is 2.45 bits per heavy atom. The molecule has 1 aromatic heterocycles. The van der Waals surface area contributed by atoms with Crippen molar-refractivity contribution in [3.8, 4) is 5.69 Å². The summed E-state index contributed by atoms with van der Waals surface area (Å²) in [5, 5.41) is 17.9. The molecule has 0 saturated heterocycles. The predicted molar refractivity (Wildman–Crippen MR) is 149 cm³/mol. The summed E-state index contributed by atoms with van der Waals surface area (Å²) in [6, 6.07) is 9.17. The van der Waals surface area contributed by atoms with E-state index in [4.69, 9.17) is 24.6 Å². The van der Waals surface area contributed by atoms with Gasteiger partial charge in [-0.15, -0.1) is 5.10 Å². The van der Waals surface area contributed by atoms with Gasteiger partial charge in [0.05, 0.1) is 24.7 Å². The Balaban J connectivity index is 0.00000301. The highest BCUT2D eigenvalue weighted by Gasteiger charge is 2.23. The quantitative estimate of drug-likeness (QED) is 0.130. The monoisotopic (exact) mass is 612 g/mol. The molecule has 2 aromatic carbocycles. The highest BCUT2D eigenvalue weighted by Crippen LogP contribution is 2.24. The molecule has 13 nitrogen and oxygen atoms in total. The van der Waals surface area contributed by atoms with Crippen molar-refractivity contribution in [1.29, 1.82) is 0 Å². The minimum atomic E-state index is -4.11. The number of nitrogens with zero attached hydrogens (tertiary/aromatic N) is 3. The number of hydrogen-bond acceptors (Lipinski definition) is 10. The normalized spacial score (nSPS) is 12.0. The smallest absolute Gasteiger partial charge is 0.332 e. The van der Waals surface area contributed by atoms with Gasteiger partial charge < -0.3 is 14.2 Å². The number of nitrogens with two attached hydrogens (primary N) is 2. The van der Waals surface area contributed by atoms with Crippen LogP contribution in [-0.2, 0) is 40.3 Å². The van der Waals surface area contributed by atoms with E-state index < -0.39 is 27.9 Å². The highest BCUT2D eigenvalue weighted by molar-refractivity contribution is 7.89. The third-order valence-electron chi connectivity index (χ3n) is 5.70. The molecule has 0 fully saturated rings. The number of aromatic nitrogens is 3. The minimum Gasteiger partial charge on any atom is -0.453 e. The molecule has 0 amide bonds. The van der Waals surface area contributed by atoms with Crippen LogP contribution in [-0.4, -0.2) is 67.4 Å². The fourth-order valence-electron chi connectivity index (χ4n) is 3.66. The first-order valence-electron chi connectivity index (χ1n) is 13.3. The zero-order chi connectivity index (χ0) is 31.3. The van der Waals surface area contributed by atoms with E-state index in [1.54, 1.807) is 6.92 Å². The second-order valence-corrected chi connectivity index (χ2v) is 10.4. The van der Waals surface area contributed by atoms with Gasteiger partial charge in [-0.1, -0.05) is 43.3 Å². The molecule has 15 heteroatoms. The van der Waals surface area contributed by atoms with Gasteiger partial charge in [-0.25, -0.2) is 32.4 Å². The largest absolute Gasteiger partial charge is 0.453 e. The second-order valence-electron chi connectivity index (χ2n) is 8.84. The van der Waals surface area contributed by atoms with Crippen molar-refractivity contribution < 1.29 is 47.5 Å². The summed E-state index contributed by atoms with van der Waals surface area (Å²) in [4.78, 5) is 21.0. The number of aryl methyl sites for hydroxylation is 2. The summed E-state index contributed by atoms with van der Waals surface area (Å²) in [7, 11) is -4.11. The summed E-state index contributed by atoms with van der Waals surface area (Å²) in [5.74, 6) is -1.06. The SMILES string of the molecule is CC.Cc1ccc(C)c(Cc2nc(C(C)OC(=O)COCCOCCO[NH2+]O)nn2-c2ccc(S(N)(=O)=O)cc2F)c1. The van der Waals surface area contributed by atoms with Crippen molar-refractivity contribution in [2.45, 2.75) is 52.0 Å². The zero-order valence-corrected chi connectivity index (χ0v) is 25.2. The number of rotatable bonds is 15. The van der Waals surface area contributed by atoms with E-state index >= 15 is 4.39 Å². The molecule has 0 saturated carbocycles. The average Bonchev–Trinajstić information content (AvgIpc) is 3.36. The van der Waals surface area contributed by atoms with Gasteiger partial charge >= 0.3 is 5.97 Å². The Morgan fingerprint density at radius 1 is 1.10 bits per heavy atom. The van der Waals surface area contributed by atoms with Crippen LogP contribution in [0.15, 0.2) is 41.3 Å². The fraction of sp³-hybridized carbons (Fsp3) is 0.444. The van der Waals surface area contributed by atoms with Gasteiger partial charge in [-0.3, -0.25) is 0 Å². The molecule has 42 heavy (non-hydrogen) atoms. The van der Waals surface area contributed by atoms with Crippen molar-refractivity contribution in [1.82, 2.24) is 14.8 Å². The van der Waals surface area contributed by atoms with Crippen LogP contribution in [0.1, 0.15) is 55.2 Å². The molecule has 0 spiro atoms. The van der Waals surface area contributed by atoms with E-state index in [0.29, 0.717) is 11.5 Å². The van der Waals surface area contributed by atoms with Crippen LogP contribution in [0.5, 0.6) is 0 Å². The molecule has 232 valence electrons. The first-order chi connectivity index (χ1) is 20.0. The Labute approximate surface area is 244 Å². The number of ether oxygens (including phenoxy) is 3. The van der Waals surface area contributed by atoms with Gasteiger partial charge in [-0.2, -0.15) is 10.0 Å². The number of benzene rings is 2. The number of halogens is 1. The number of carbonyl (C=O) groups excluding carboxylic acids is 1. The maximum atomic E-state index is 15.1. The Hall–Kier alpha value is -3.31. The molecule has 0 aliphatic carbocycles. The molecule has 1 atom stereocenters. The lowest BCUT2D eigenvalue weighted by Crippen LogP contribution is -2.79. The van der Waals surface area contributed by atoms with Crippen LogP contribution in [0.2, 0.25) is 0 Å². The molecule has 3 aromatic rings. The summed E-state index contributed by atoms with van der Waals surface area (Å²) in [6.45, 7) is 9.89. The lowest BCUT2D eigenvalue weighted by Gasteiger charge is -2.11. The van der Waals surface area contributed by atoms with Crippen LogP contribution in [0, 0.1) is 19.7 Å². The Kier molecular flexibility index (Phi) is 14.1. The van der Waals surface area contributed by atoms with Crippen LogP contribution < -0.4 is 10.8 Å². The molecule has 0 radical (unpaired) electrons. The molecule has 0 aliphatic heterocycles. The van der Waals surface area contributed by atoms with Crippen LogP contribution in [0.3, 0.4) is 0 Å². The number of carbonyl (C=O) groups is 1. The van der Waals surface area contributed by atoms with Crippen molar-refractivity contribution in [3.63, 3.8) is 0 Å². The number of hydrogen-bond donors (Lipinski definition) is 3. The number of primary sulfonamides is 1. The maximum absolute atomic E-state index is 15.1. The third kappa shape index (κ3) is 10.5. The number of sulfonamides is 1. The van der Waals surface area contributed by atoms with Gasteiger partial charge in [-0.05, 0) is 50.1 Å². The van der Waals surface area contributed by atoms with E-state index in [1.807, 2.05) is 45.9 Å². The number of quaternary nitrogens is 1. The first-order valence-corrected chi connectivity index (χ1v) is 14.8. The summed E-state index contributed by atoms with van der Waals surface area (Å²) >= 11 is 0. The van der Waals surface area contributed by atoms with E-state index in [0.717, 1.165) is 22.8 Å². The first kappa shape index (κ1) is 34.9. The van der Waals surface area contributed by atoms with Gasteiger partial charge in [0.1, 0.15) is 30.5 Å². The lowest BCUT2D eigenvalue weighted by atomic mass is 10.0. The summed E-state index contributed by atoms with van der Waals surface area (Å²) in [6.07, 6.45) is -0.619. The molecule has 0 bridgehead atoms. The van der Waals surface area contributed by atoms with Gasteiger partial charge in [0.15, 0.2) is 11.9 Å². The van der Waals surface area contributed by atoms with Crippen LogP contribution in [0.4, 0.5) is 4.39 Å². The molecule has 1 unspecified atom stereocenters. The molecule has 0 aliphatic rings. The lowest BCUT2D eigenvalue weighted by molar-refractivity contribution is -1.06. The Morgan fingerprint density at radius 2 is 1.79 bits per heavy atom. The van der Waals surface area contributed by atoms with E-state index in [2.05, 4.69) is 14.9 Å². The molecule has 5 N–H and O–H groups in total. The van der Waals surface area contributed by atoms with Crippen molar-refractivity contribution >= 4 is 16.0 Å². The average molecular weight is 613 g/mol. The molecule has 3 rings (SSSR count). The van der Waals surface area contributed by atoms with E-state index in [1.165, 1.54) is 16.8 Å². The van der Waals surface area contributed by atoms with Crippen molar-refractivity contribution in [3.05, 3.63) is 70.6 Å². The minimum absolute atomic E-state index is 0.0457. The summed E-state index contributed by atoms with van der Waals surface area (Å²) in [5.41, 5.74) is 3.48. The van der Waals surface area contributed by atoms with Crippen LogP contribution in [0.25, 0.3) is 5.69 Å². The molecule has 1 heterocycles. The van der Waals surface area contributed by atoms with Crippen LogP contribution >= 0.6 is 0 Å². The number of esters is 1. The fourth-order valence-corrected chi connectivity index (χ4v) is 4.18. The van der Waals surface area contributed by atoms with Crippen molar-refractivity contribution in [2.75, 3.05) is 33.0 Å². The predicted octanol–water partition coefficient (Wildman–Crippen LogP) is 1.81. The van der Waals surface area contributed by atoms with Gasteiger partial charge in [0, 0.05) is 6.42 Å². The molecular weight excluding hydrogens is 573 g/mol.